The smallest absolute Gasteiger partial charge is 0.0702 e. The van der Waals surface area contributed by atoms with Gasteiger partial charge in [-0.25, -0.2) is 0 Å². The fraction of sp³-hybridized carbons (Fsp3) is 0.0216. The van der Waals surface area contributed by atoms with E-state index in [9.17, 15) is 0 Å². The quantitative estimate of drug-likeness (QED) is 0.0517. The summed E-state index contributed by atoms with van der Waals surface area (Å²) in [7, 11) is -1.78. The van der Waals surface area contributed by atoms with Crippen LogP contribution in [0.1, 0.15) is 22.3 Å². The summed E-state index contributed by atoms with van der Waals surface area (Å²) in [5, 5.41) is 21.9. The molecule has 11 heteroatoms. The van der Waals surface area contributed by atoms with Crippen molar-refractivity contribution in [2.75, 3.05) is 0 Å². The summed E-state index contributed by atoms with van der Waals surface area (Å²) in [5.74, 6) is 0. The summed E-state index contributed by atoms with van der Waals surface area (Å²) in [4.78, 5) is 8.39. The Bertz CT molecular complexity index is 7420. The first-order chi connectivity index (χ1) is 74.0. The Morgan fingerprint density at radius 2 is 0.460 bits per heavy atom. The molecule has 0 bridgehead atoms. The maximum atomic E-state index is 4.73. The van der Waals surface area contributed by atoms with E-state index in [0.29, 0.717) is 0 Å². The molecule has 2 aliphatic rings. The summed E-state index contributed by atoms with van der Waals surface area (Å²) in [5.41, 5.74) is 22.5. The van der Waals surface area contributed by atoms with Crippen LogP contribution in [0.5, 0.6) is 0 Å². The predicted octanol–water partition coefficient (Wildman–Crippen LogP) is 30.8. The molecule has 27 rings (SSSR count). The third kappa shape index (κ3) is 23.2. The van der Waals surface area contributed by atoms with E-state index in [4.69, 9.17) is 4.98 Å². The van der Waals surface area contributed by atoms with Crippen LogP contribution in [0.25, 0.3) is 99.6 Å². The minimum absolute atomic E-state index is 0. The van der Waals surface area contributed by atoms with Gasteiger partial charge in [0.05, 0.1) is 27.8 Å². The number of hydrogen-bond donors (Lipinski definition) is 0. The van der Waals surface area contributed by atoms with Crippen molar-refractivity contribution in [3.63, 3.8) is 0 Å². The fourth-order valence-electron chi connectivity index (χ4n) is 20.6. The first kappa shape index (κ1) is 102. The van der Waals surface area contributed by atoms with Crippen LogP contribution in [0.3, 0.4) is 0 Å². The molecule has 1 spiro atoms. The van der Waals surface area contributed by atoms with Crippen LogP contribution in [0.15, 0.2) is 613 Å². The van der Waals surface area contributed by atoms with Crippen molar-refractivity contribution in [2.24, 2.45) is 0 Å². The van der Waals surface area contributed by atoms with E-state index in [1.165, 1.54) is 196 Å². The third-order valence-corrected chi connectivity index (χ3v) is 37.1. The van der Waals surface area contributed by atoms with E-state index in [1.54, 1.807) is 12.3 Å². The summed E-state index contributed by atoms with van der Waals surface area (Å²) in [6.07, 6.45) is 8.12. The standard InChI is InChI=1S/C62H41N3.4C18H15P.C5H4N.BrH.Pd.Zn/c1-5-16-58-51(11-1)52-12-2-6-17-59(52)64(58)47-28-22-40(23-29-47)42-26-32-49-50-33-27-43(41-24-30-48(31-25-41)65-60-18-7-3-13-53(60)54-14-4-8-19-61(54)65)37-56(50)62(55(49)36-42)38-45-21-20-44(35-46(45)39-62)57-15-9-10-34-63-57;4*1-4-10-16(11-5-1)19(17-12-6-2-7-13-17)18-14-8-3-9-15-18;1-2-4-6-5-3-1;;;/h1-37H,38-39H2;4*1-15H;1-4H;1H;;/q;;;;;-1;;;+2/p-1. The number of para-hydroxylation sites is 4. The van der Waals surface area contributed by atoms with Crippen LogP contribution < -0.4 is 63.7 Å². The molecule has 4 aromatic heterocycles. The molecule has 720 valence electrons. The minimum Gasteiger partial charge on any atom is -0.394 e. The van der Waals surface area contributed by atoms with Crippen LogP contribution in [0.2, 0.25) is 0 Å². The van der Waals surface area contributed by atoms with Crippen molar-refractivity contribution < 1.29 is 36.8 Å². The third-order valence-electron chi connectivity index (χ3n) is 27.3. The van der Waals surface area contributed by atoms with Crippen molar-refractivity contribution in [2.45, 2.75) is 18.3 Å². The van der Waals surface area contributed by atoms with Crippen LogP contribution >= 0.6 is 45.3 Å². The van der Waals surface area contributed by atoms with Gasteiger partial charge in [0.2, 0.25) is 0 Å². The predicted molar refractivity (Wildman–Crippen MR) is 642 cm³/mol. The zero-order valence-electron chi connectivity index (χ0n) is 82.7. The van der Waals surface area contributed by atoms with Crippen LogP contribution in [0, 0.1) is 6.20 Å². The van der Waals surface area contributed by atoms with Gasteiger partial charge < -0.3 is 14.1 Å². The molecule has 0 radical (unpaired) electrons. The number of aromatic nitrogens is 4. The first-order valence-corrected chi connectivity index (χ1v) is 62.7. The van der Waals surface area contributed by atoms with Crippen molar-refractivity contribution >= 4 is 153 Å². The van der Waals surface area contributed by atoms with E-state index in [2.05, 4.69) is 610 Å². The molecule has 2 aliphatic carbocycles. The van der Waals surface area contributed by atoms with Gasteiger partial charge in [-0.2, -0.15) is 18.2 Å². The SMILES string of the molecule is [Pd].[Zn+][Br].[c-]1ccccn1.c1ccc(-c2ccc3c(c2)CC2(C3)c3cc(-c4ccc(-n5c6ccccc6c6ccccc65)cc4)ccc3-c3ccc(-c4ccc(-n5c6ccccc6c6ccccc65)cc4)cc32)nc1.c1ccc(P(c2ccccc2)c2ccccc2)cc1.c1ccc(P(c2ccccc2)c2ccccc2)cc1.c1ccc(P(c2ccccc2)c2ccccc2)cc1.c1ccc(P(c2ccccc2)c2ccccc2)cc1. The van der Waals surface area contributed by atoms with Crippen LogP contribution in [0.4, 0.5) is 0 Å². The molecule has 0 saturated carbocycles. The zero-order chi connectivity index (χ0) is 101. The first-order valence-electron chi connectivity index (χ1n) is 50.3. The van der Waals surface area contributed by atoms with E-state index in [1.807, 2.05) is 24.4 Å². The van der Waals surface area contributed by atoms with E-state index in [-0.39, 0.29) is 25.8 Å². The van der Waals surface area contributed by atoms with Gasteiger partial charge in [-0.3, -0.25) is 4.98 Å². The second kappa shape index (κ2) is 50.3. The molecule has 4 nitrogen and oxygen atoms in total. The van der Waals surface area contributed by atoms with E-state index >= 15 is 0 Å². The molecule has 4 heterocycles. The Hall–Kier alpha value is -15.0. The van der Waals surface area contributed by atoms with E-state index in [0.717, 1.165) is 18.5 Å². The average molecular weight is 2210 g/mol. The van der Waals surface area contributed by atoms with Gasteiger partial charge in [0, 0.05) is 70.5 Å². The fourth-order valence-corrected chi connectivity index (χ4v) is 29.8. The number of benzene rings is 21. The second-order valence-corrected chi connectivity index (χ2v) is 45.2. The normalized spacial score (nSPS) is 11.6. The van der Waals surface area contributed by atoms with Gasteiger partial charge in [0.15, 0.2) is 0 Å². The van der Waals surface area contributed by atoms with Gasteiger partial charge in [-0.15, -0.1) is 0 Å². The molecular formula is C139H105BrN4P4PdZn. The Morgan fingerprint density at radius 1 is 0.220 bits per heavy atom. The average Bonchev–Trinajstić information content (AvgIpc) is 1.53. The number of fused-ring (bicyclic) bond motifs is 12. The summed E-state index contributed by atoms with van der Waals surface area (Å²) < 4.78 is 4.79. The van der Waals surface area contributed by atoms with Crippen molar-refractivity contribution in [1.29, 1.82) is 0 Å². The van der Waals surface area contributed by atoms with Crippen molar-refractivity contribution in [3.8, 4) is 56.0 Å². The summed E-state index contributed by atoms with van der Waals surface area (Å²) in [6.45, 7) is 0. The Labute approximate surface area is 915 Å². The zero-order valence-corrected chi connectivity index (χ0v) is 92.4. The molecule has 0 fully saturated rings. The Balaban J connectivity index is 0.000000129. The number of pyridine rings is 2. The molecule has 0 unspecified atom stereocenters. The molecule has 0 atom stereocenters. The maximum Gasteiger partial charge on any atom is 0.0702 e. The Morgan fingerprint density at radius 3 is 0.700 bits per heavy atom. The molecule has 21 aromatic carbocycles. The molecule has 150 heavy (non-hydrogen) atoms. The molecule has 0 aliphatic heterocycles. The van der Waals surface area contributed by atoms with Gasteiger partial charge in [0.1, 0.15) is 0 Å². The maximum absolute atomic E-state index is 4.73. The largest absolute Gasteiger partial charge is 0.394 e. The van der Waals surface area contributed by atoms with Gasteiger partial charge in [-0.05, 0) is 243 Å². The van der Waals surface area contributed by atoms with Crippen molar-refractivity contribution in [1.82, 2.24) is 19.1 Å². The van der Waals surface area contributed by atoms with Crippen molar-refractivity contribution in [3.05, 3.63) is 641 Å². The molecule has 0 N–H and O–H groups in total. The molecule has 0 saturated heterocycles. The minimum atomic E-state index is -0.446. The van der Waals surface area contributed by atoms with E-state index < -0.39 is 31.7 Å². The van der Waals surface area contributed by atoms with Gasteiger partial charge in [0.25, 0.3) is 0 Å². The molecule has 0 amide bonds. The number of rotatable bonds is 17. The van der Waals surface area contributed by atoms with Crippen LogP contribution in [-0.4, -0.2) is 19.1 Å². The van der Waals surface area contributed by atoms with Gasteiger partial charge >= 0.3 is 30.0 Å². The molecule has 25 aromatic rings. The Kier molecular flexibility index (Phi) is 34.3. The summed E-state index contributed by atoms with van der Waals surface area (Å²) >= 11 is 4.25. The topological polar surface area (TPSA) is 35.6 Å². The molecular weight excluding hydrogens is 2100 g/mol. The second-order valence-electron chi connectivity index (χ2n) is 36.3. The van der Waals surface area contributed by atoms with Crippen LogP contribution in [-0.2, 0) is 55.0 Å². The summed E-state index contributed by atoms with van der Waals surface area (Å²) in [6, 6.07) is 216. The van der Waals surface area contributed by atoms with Gasteiger partial charge in [-0.1, -0.05) is 516 Å². The monoisotopic (exact) mass is 2200 g/mol. The number of nitrogens with zero attached hydrogens (tertiary/aromatic N) is 4. The number of halogens is 1. The number of hydrogen-bond acceptors (Lipinski definition) is 2.